The van der Waals surface area contributed by atoms with Crippen molar-refractivity contribution in [3.8, 4) is 0 Å². The normalized spacial score (nSPS) is 11.3. The summed E-state index contributed by atoms with van der Waals surface area (Å²) in [6.07, 6.45) is 0. The Labute approximate surface area is 156 Å². The number of carbonyl (C=O) groups is 1. The van der Waals surface area contributed by atoms with Gasteiger partial charge in [-0.3, -0.25) is 14.9 Å². The Morgan fingerprint density at radius 2 is 1.88 bits per heavy atom. The number of nitrogens with one attached hydrogen (secondary N) is 1. The minimum Gasteiger partial charge on any atom is -0.272 e. The Morgan fingerprint density at radius 1 is 1.19 bits per heavy atom. The third kappa shape index (κ3) is 5.70. The standard InChI is InChI=1S/C19H21N3O3S/c1-13-4-5-14(2)18(10-13)15(3)20-21-19(23)12-26-11-16-6-8-17(9-7-16)22(24)25/h4-10H,11-12H2,1-3H3,(H,21,23)/b20-15-. The van der Waals surface area contributed by atoms with E-state index in [0.717, 1.165) is 28.0 Å². The predicted octanol–water partition coefficient (Wildman–Crippen LogP) is 3.99. The molecule has 6 nitrogen and oxygen atoms in total. The highest BCUT2D eigenvalue weighted by Gasteiger charge is 2.06. The summed E-state index contributed by atoms with van der Waals surface area (Å²) in [6.45, 7) is 5.89. The van der Waals surface area contributed by atoms with Gasteiger partial charge in [0.05, 0.1) is 16.4 Å². The van der Waals surface area contributed by atoms with Crippen LogP contribution in [0.2, 0.25) is 0 Å². The van der Waals surface area contributed by atoms with Crippen LogP contribution >= 0.6 is 11.8 Å². The molecule has 2 aromatic carbocycles. The van der Waals surface area contributed by atoms with Crippen molar-refractivity contribution in [1.82, 2.24) is 5.43 Å². The quantitative estimate of drug-likeness (QED) is 0.453. The van der Waals surface area contributed by atoms with E-state index in [0.29, 0.717) is 5.75 Å². The average molecular weight is 371 g/mol. The van der Waals surface area contributed by atoms with Crippen molar-refractivity contribution in [2.45, 2.75) is 26.5 Å². The van der Waals surface area contributed by atoms with Crippen molar-refractivity contribution in [3.63, 3.8) is 0 Å². The number of nitrogens with zero attached hydrogens (tertiary/aromatic N) is 2. The van der Waals surface area contributed by atoms with E-state index < -0.39 is 4.92 Å². The number of benzene rings is 2. The van der Waals surface area contributed by atoms with Gasteiger partial charge < -0.3 is 0 Å². The first-order chi connectivity index (χ1) is 12.4. The summed E-state index contributed by atoms with van der Waals surface area (Å²) in [5.41, 5.74) is 7.61. The van der Waals surface area contributed by atoms with E-state index in [9.17, 15) is 14.9 Å². The maximum Gasteiger partial charge on any atom is 0.269 e. The van der Waals surface area contributed by atoms with Gasteiger partial charge in [0.15, 0.2) is 0 Å². The second kappa shape index (κ2) is 9.15. The highest BCUT2D eigenvalue weighted by Crippen LogP contribution is 2.16. The van der Waals surface area contributed by atoms with Crippen LogP contribution < -0.4 is 5.43 Å². The first kappa shape index (κ1) is 19.7. The number of hydrazone groups is 1. The van der Waals surface area contributed by atoms with Gasteiger partial charge in [-0.2, -0.15) is 5.10 Å². The molecule has 0 spiro atoms. The number of aryl methyl sites for hydroxylation is 2. The first-order valence-electron chi connectivity index (χ1n) is 8.08. The summed E-state index contributed by atoms with van der Waals surface area (Å²) < 4.78 is 0. The van der Waals surface area contributed by atoms with Crippen LogP contribution in [0, 0.1) is 24.0 Å². The summed E-state index contributed by atoms with van der Waals surface area (Å²) in [7, 11) is 0. The second-order valence-electron chi connectivity index (χ2n) is 5.97. The molecule has 136 valence electrons. The third-order valence-electron chi connectivity index (χ3n) is 3.78. The summed E-state index contributed by atoms with van der Waals surface area (Å²) in [5.74, 6) is 0.688. The van der Waals surface area contributed by atoms with Crippen LogP contribution in [0.5, 0.6) is 0 Å². The molecule has 0 unspecified atom stereocenters. The number of thioether (sulfide) groups is 1. The molecule has 0 fully saturated rings. The zero-order valence-corrected chi connectivity index (χ0v) is 15.8. The maximum atomic E-state index is 11.9. The fourth-order valence-electron chi connectivity index (χ4n) is 2.34. The lowest BCUT2D eigenvalue weighted by atomic mass is 10.0. The SMILES string of the molecule is C/C(=N/NC(=O)CSCc1ccc([N+](=O)[O-])cc1)c1cc(C)ccc1C. The van der Waals surface area contributed by atoms with E-state index in [1.54, 1.807) is 12.1 Å². The van der Waals surface area contributed by atoms with Crippen molar-refractivity contribution in [2.75, 3.05) is 5.75 Å². The van der Waals surface area contributed by atoms with Gasteiger partial charge in [0.25, 0.3) is 5.69 Å². The Kier molecular flexibility index (Phi) is 6.91. The average Bonchev–Trinajstić information content (AvgIpc) is 2.62. The zero-order valence-electron chi connectivity index (χ0n) is 15.0. The van der Waals surface area contributed by atoms with Gasteiger partial charge in [0.1, 0.15) is 0 Å². The fraction of sp³-hybridized carbons (Fsp3) is 0.263. The molecule has 0 atom stereocenters. The molecule has 26 heavy (non-hydrogen) atoms. The molecular formula is C19H21N3O3S. The largest absolute Gasteiger partial charge is 0.272 e. The molecule has 7 heteroatoms. The molecule has 0 bridgehead atoms. The molecule has 0 saturated carbocycles. The molecule has 1 amide bonds. The number of hydrogen-bond acceptors (Lipinski definition) is 5. The van der Waals surface area contributed by atoms with Gasteiger partial charge in [-0.1, -0.05) is 29.8 Å². The van der Waals surface area contributed by atoms with Crippen molar-refractivity contribution in [3.05, 3.63) is 74.8 Å². The van der Waals surface area contributed by atoms with E-state index in [1.165, 1.54) is 23.9 Å². The van der Waals surface area contributed by atoms with Crippen LogP contribution in [-0.2, 0) is 10.5 Å². The number of rotatable bonds is 7. The molecule has 0 aromatic heterocycles. The smallest absolute Gasteiger partial charge is 0.269 e. The van der Waals surface area contributed by atoms with Crippen molar-refractivity contribution >= 4 is 29.1 Å². The Balaban J connectivity index is 1.83. The molecule has 0 heterocycles. The van der Waals surface area contributed by atoms with Gasteiger partial charge in [-0.05, 0) is 38.0 Å². The Bertz CT molecular complexity index is 832. The number of nitro benzene ring substituents is 1. The van der Waals surface area contributed by atoms with E-state index in [-0.39, 0.29) is 17.3 Å². The highest BCUT2D eigenvalue weighted by molar-refractivity contribution is 7.99. The van der Waals surface area contributed by atoms with Crippen LogP contribution in [0.1, 0.15) is 29.2 Å². The molecule has 0 aliphatic carbocycles. The van der Waals surface area contributed by atoms with E-state index in [4.69, 9.17) is 0 Å². The van der Waals surface area contributed by atoms with Gasteiger partial charge >= 0.3 is 0 Å². The molecule has 0 radical (unpaired) electrons. The van der Waals surface area contributed by atoms with Crippen LogP contribution in [0.3, 0.4) is 0 Å². The predicted molar refractivity (Wildman–Crippen MR) is 106 cm³/mol. The summed E-state index contributed by atoms with van der Waals surface area (Å²) in [5, 5.41) is 14.8. The number of nitro groups is 1. The first-order valence-corrected chi connectivity index (χ1v) is 9.24. The minimum atomic E-state index is -0.430. The lowest BCUT2D eigenvalue weighted by molar-refractivity contribution is -0.384. The molecular weight excluding hydrogens is 350 g/mol. The molecule has 0 saturated heterocycles. The van der Waals surface area contributed by atoms with Crippen molar-refractivity contribution in [2.24, 2.45) is 5.10 Å². The van der Waals surface area contributed by atoms with Crippen molar-refractivity contribution in [1.29, 1.82) is 0 Å². The number of hydrogen-bond donors (Lipinski definition) is 1. The summed E-state index contributed by atoms with van der Waals surface area (Å²) in [4.78, 5) is 22.1. The molecule has 2 aromatic rings. The zero-order chi connectivity index (χ0) is 19.1. The van der Waals surface area contributed by atoms with Gasteiger partial charge in [-0.15, -0.1) is 11.8 Å². The van der Waals surface area contributed by atoms with Crippen LogP contribution in [-0.4, -0.2) is 22.3 Å². The van der Waals surface area contributed by atoms with E-state index in [1.807, 2.05) is 39.0 Å². The summed E-state index contributed by atoms with van der Waals surface area (Å²) in [6, 6.07) is 12.5. The molecule has 0 aliphatic heterocycles. The Morgan fingerprint density at radius 3 is 2.54 bits per heavy atom. The topological polar surface area (TPSA) is 84.6 Å². The Hall–Kier alpha value is -2.67. The lowest BCUT2D eigenvalue weighted by Gasteiger charge is -2.07. The number of non-ortho nitro benzene ring substituents is 1. The molecule has 1 N–H and O–H groups in total. The monoisotopic (exact) mass is 371 g/mol. The molecule has 2 rings (SSSR count). The van der Waals surface area contributed by atoms with Crippen LogP contribution in [0.4, 0.5) is 5.69 Å². The van der Waals surface area contributed by atoms with Crippen LogP contribution in [0.25, 0.3) is 0 Å². The van der Waals surface area contributed by atoms with Gasteiger partial charge in [0.2, 0.25) is 5.91 Å². The van der Waals surface area contributed by atoms with E-state index >= 15 is 0 Å². The maximum absolute atomic E-state index is 11.9. The number of carbonyl (C=O) groups excluding carboxylic acids is 1. The van der Waals surface area contributed by atoms with Gasteiger partial charge in [0, 0.05) is 23.4 Å². The molecule has 0 aliphatic rings. The number of amides is 1. The highest BCUT2D eigenvalue weighted by atomic mass is 32.2. The lowest BCUT2D eigenvalue weighted by Crippen LogP contribution is -2.21. The van der Waals surface area contributed by atoms with Gasteiger partial charge in [-0.25, -0.2) is 5.43 Å². The van der Waals surface area contributed by atoms with E-state index in [2.05, 4.69) is 10.5 Å². The minimum absolute atomic E-state index is 0.0627. The van der Waals surface area contributed by atoms with Crippen LogP contribution in [0.15, 0.2) is 47.6 Å². The second-order valence-corrected chi connectivity index (χ2v) is 6.95. The summed E-state index contributed by atoms with van der Waals surface area (Å²) >= 11 is 1.43. The third-order valence-corrected chi connectivity index (χ3v) is 4.78. The fourth-order valence-corrected chi connectivity index (χ4v) is 3.12. The van der Waals surface area contributed by atoms with Crippen molar-refractivity contribution < 1.29 is 9.72 Å².